The minimum absolute atomic E-state index is 0.0564. The molecule has 1 aliphatic heterocycles. The second kappa shape index (κ2) is 4.13. The summed E-state index contributed by atoms with van der Waals surface area (Å²) < 4.78 is 17.2. The molecule has 2 N–H and O–H groups in total. The van der Waals surface area contributed by atoms with Gasteiger partial charge in [0.1, 0.15) is 6.10 Å². The van der Waals surface area contributed by atoms with Gasteiger partial charge in [0.05, 0.1) is 14.1 Å². The van der Waals surface area contributed by atoms with Gasteiger partial charge in [0.25, 0.3) is 0 Å². The SMILES string of the molecule is [3H][C@H]1CC(O)[C@@H](COP(C)(O)=S)O1. The molecule has 72 valence electrons. The van der Waals surface area contributed by atoms with E-state index >= 15 is 0 Å². The number of aliphatic hydroxyl groups is 1. The summed E-state index contributed by atoms with van der Waals surface area (Å²) in [5.41, 5.74) is 0. The van der Waals surface area contributed by atoms with Crippen molar-refractivity contribution in [3.63, 3.8) is 0 Å². The van der Waals surface area contributed by atoms with Gasteiger partial charge < -0.3 is 19.3 Å². The molecule has 1 fully saturated rings. The molecule has 1 heterocycles. The molecule has 4 atom stereocenters. The van der Waals surface area contributed by atoms with Crippen molar-refractivity contribution < 1.29 is 20.6 Å². The second-order valence-electron chi connectivity index (χ2n) is 2.74. The fourth-order valence-corrected chi connectivity index (χ4v) is 1.49. The van der Waals surface area contributed by atoms with E-state index in [1.54, 1.807) is 0 Å². The van der Waals surface area contributed by atoms with Crippen molar-refractivity contribution in [2.24, 2.45) is 0 Å². The standard InChI is InChI=1S/C6H13O4PS/c1-11(8,12)10-4-6-5(7)2-3-9-6/h5-7H,2-4H2,1H3,(H,8,12)/t5?,6-,11?/m1/s1/i3T/t3-,5?,6+,11?/m0. The topological polar surface area (TPSA) is 58.9 Å². The van der Waals surface area contributed by atoms with Gasteiger partial charge in [-0.1, -0.05) is 0 Å². The van der Waals surface area contributed by atoms with E-state index in [4.69, 9.17) is 15.5 Å². The molecule has 6 heteroatoms. The lowest BCUT2D eigenvalue weighted by molar-refractivity contribution is 0.0115. The highest BCUT2D eigenvalue weighted by Crippen LogP contribution is 2.37. The van der Waals surface area contributed by atoms with Gasteiger partial charge in [-0.25, -0.2) is 0 Å². The van der Waals surface area contributed by atoms with Crippen LogP contribution in [0.1, 0.15) is 7.79 Å². The van der Waals surface area contributed by atoms with E-state index in [1.807, 2.05) is 0 Å². The van der Waals surface area contributed by atoms with Crippen molar-refractivity contribution in [1.82, 2.24) is 0 Å². The molecule has 0 aromatic heterocycles. The Kier molecular flexibility index (Phi) is 3.12. The lowest BCUT2D eigenvalue weighted by Crippen LogP contribution is -2.25. The average Bonchev–Trinajstić information content (AvgIpc) is 2.24. The largest absolute Gasteiger partial charge is 0.390 e. The summed E-state index contributed by atoms with van der Waals surface area (Å²) in [4.78, 5) is 9.15. The zero-order valence-corrected chi connectivity index (χ0v) is 8.42. The van der Waals surface area contributed by atoms with E-state index in [1.165, 1.54) is 6.66 Å². The molecular weight excluding hydrogens is 199 g/mol. The number of ether oxygens (including phenoxy) is 1. The summed E-state index contributed by atoms with van der Waals surface area (Å²) in [5, 5.41) is 9.33. The highest BCUT2D eigenvalue weighted by atomic mass is 32.5. The molecule has 2 unspecified atom stereocenters. The van der Waals surface area contributed by atoms with Crippen LogP contribution in [-0.4, -0.2) is 42.1 Å². The van der Waals surface area contributed by atoms with E-state index in [9.17, 15) is 5.11 Å². The first-order chi connectivity index (χ1) is 5.88. The van der Waals surface area contributed by atoms with Gasteiger partial charge in [-0.15, -0.1) is 0 Å². The Hall–Kier alpha value is 0.490. The molecule has 0 spiro atoms. The molecule has 0 radical (unpaired) electrons. The quantitative estimate of drug-likeness (QED) is 0.652. The zero-order chi connectivity index (χ0) is 10.1. The summed E-state index contributed by atoms with van der Waals surface area (Å²) >= 11 is 4.65. The Bertz CT molecular complexity index is 221. The maximum atomic E-state index is 9.33. The van der Waals surface area contributed by atoms with Gasteiger partial charge in [-0.2, -0.15) is 0 Å². The predicted molar refractivity (Wildman–Crippen MR) is 48.7 cm³/mol. The molecule has 1 aliphatic rings. The molecule has 0 saturated carbocycles. The number of aliphatic hydroxyl groups excluding tert-OH is 1. The summed E-state index contributed by atoms with van der Waals surface area (Å²) in [6, 6.07) is 0. The van der Waals surface area contributed by atoms with E-state index in [2.05, 4.69) is 11.8 Å². The van der Waals surface area contributed by atoms with Crippen LogP contribution in [0.5, 0.6) is 0 Å². The molecule has 12 heavy (non-hydrogen) atoms. The minimum atomic E-state index is -2.68. The predicted octanol–water partition coefficient (Wildman–Crippen LogP) is 0.0844. The molecule has 0 bridgehead atoms. The minimum Gasteiger partial charge on any atom is -0.390 e. The summed E-state index contributed by atoms with van der Waals surface area (Å²) in [5.74, 6) is 0. The number of hydrogen-bond donors (Lipinski definition) is 2. The summed E-state index contributed by atoms with van der Waals surface area (Å²) in [6.07, 6.45) is -0.938. The normalized spacial score (nSPS) is 42.2. The monoisotopic (exact) mass is 214 g/mol. The molecule has 0 amide bonds. The van der Waals surface area contributed by atoms with Gasteiger partial charge in [-0.3, -0.25) is 0 Å². The van der Waals surface area contributed by atoms with E-state index in [-0.39, 0.29) is 13.0 Å². The van der Waals surface area contributed by atoms with Crippen LogP contribution < -0.4 is 0 Å². The fraction of sp³-hybridized carbons (Fsp3) is 1.00. The van der Waals surface area contributed by atoms with Crippen LogP contribution in [0.3, 0.4) is 0 Å². The van der Waals surface area contributed by atoms with E-state index in [0.29, 0.717) is 0 Å². The smallest absolute Gasteiger partial charge is 0.183 e. The Morgan fingerprint density at radius 1 is 1.92 bits per heavy atom. The fourth-order valence-electron chi connectivity index (χ4n) is 0.882. The van der Waals surface area contributed by atoms with Gasteiger partial charge in [0.2, 0.25) is 0 Å². The third-order valence-electron chi connectivity index (χ3n) is 1.52. The van der Waals surface area contributed by atoms with Crippen LogP contribution in [0.2, 0.25) is 0 Å². The van der Waals surface area contributed by atoms with Crippen LogP contribution in [0.15, 0.2) is 0 Å². The third-order valence-corrected chi connectivity index (χ3v) is 2.46. The van der Waals surface area contributed by atoms with Crippen molar-refractivity contribution >= 4 is 18.3 Å². The van der Waals surface area contributed by atoms with Crippen molar-refractivity contribution in [2.75, 3.05) is 19.9 Å². The molecule has 1 rings (SSSR count). The van der Waals surface area contributed by atoms with Crippen LogP contribution in [0.25, 0.3) is 0 Å². The first-order valence-corrected chi connectivity index (χ1v) is 6.71. The van der Waals surface area contributed by atoms with Crippen LogP contribution in [0.4, 0.5) is 0 Å². The second-order valence-corrected chi connectivity index (χ2v) is 6.64. The Morgan fingerprint density at radius 2 is 2.58 bits per heavy atom. The Balaban J connectivity index is 2.34. The van der Waals surface area contributed by atoms with Gasteiger partial charge in [-0.05, 0) is 18.2 Å². The molecule has 0 aromatic rings. The van der Waals surface area contributed by atoms with Gasteiger partial charge in [0, 0.05) is 13.2 Å². The van der Waals surface area contributed by atoms with E-state index in [0.717, 1.165) is 0 Å². The van der Waals surface area contributed by atoms with Crippen molar-refractivity contribution in [3.8, 4) is 0 Å². The maximum absolute atomic E-state index is 9.33. The molecular formula is C6H13O4PS. The van der Waals surface area contributed by atoms with Crippen molar-refractivity contribution in [3.05, 3.63) is 0 Å². The van der Waals surface area contributed by atoms with Gasteiger partial charge >= 0.3 is 0 Å². The maximum Gasteiger partial charge on any atom is 0.183 e. The first-order valence-electron chi connectivity index (χ1n) is 4.17. The molecule has 1 saturated heterocycles. The van der Waals surface area contributed by atoms with Crippen molar-refractivity contribution in [1.29, 1.82) is 0 Å². The average molecular weight is 214 g/mol. The Labute approximate surface area is 78.1 Å². The van der Waals surface area contributed by atoms with Crippen molar-refractivity contribution in [2.45, 2.75) is 18.6 Å². The molecule has 0 aliphatic carbocycles. The molecule has 0 aromatic carbocycles. The van der Waals surface area contributed by atoms with Crippen LogP contribution >= 0.6 is 6.49 Å². The Morgan fingerprint density at radius 3 is 3.00 bits per heavy atom. The summed E-state index contributed by atoms with van der Waals surface area (Å²) in [7, 11) is 0. The lowest BCUT2D eigenvalue weighted by atomic mass is 10.2. The number of hydrogen-bond acceptors (Lipinski definition) is 4. The van der Waals surface area contributed by atoms with Gasteiger partial charge in [0.15, 0.2) is 6.49 Å². The molecule has 4 nitrogen and oxygen atoms in total. The third kappa shape index (κ3) is 3.47. The zero-order valence-electron chi connectivity index (χ0n) is 7.71. The van der Waals surface area contributed by atoms with Crippen LogP contribution in [-0.2, 0) is 21.1 Å². The highest BCUT2D eigenvalue weighted by molar-refractivity contribution is 8.09. The highest BCUT2D eigenvalue weighted by Gasteiger charge is 2.27. The number of rotatable bonds is 3. The van der Waals surface area contributed by atoms with Crippen LogP contribution in [0, 0.1) is 0 Å². The van der Waals surface area contributed by atoms with E-state index < -0.39 is 25.3 Å². The lowest BCUT2D eigenvalue weighted by Gasteiger charge is -2.16. The first kappa shape index (κ1) is 9.06. The summed E-state index contributed by atoms with van der Waals surface area (Å²) in [6.45, 7) is -1.89.